The summed E-state index contributed by atoms with van der Waals surface area (Å²) < 4.78 is 35.3. The highest BCUT2D eigenvalue weighted by Crippen LogP contribution is 2.40. The zero-order valence-corrected chi connectivity index (χ0v) is 18.9. The lowest BCUT2D eigenvalue weighted by Gasteiger charge is -2.36. The van der Waals surface area contributed by atoms with E-state index in [9.17, 15) is 8.42 Å². The maximum atomic E-state index is 13.4. The summed E-state index contributed by atoms with van der Waals surface area (Å²) in [5.41, 5.74) is 2.12. The zero-order valence-electron chi connectivity index (χ0n) is 18.1. The lowest BCUT2D eigenvalue weighted by atomic mass is 9.77. The van der Waals surface area contributed by atoms with Crippen LogP contribution in [0, 0.1) is 0 Å². The molecule has 5 rings (SSSR count). The number of morpholine rings is 1. The second-order valence-electron chi connectivity index (χ2n) is 7.95. The van der Waals surface area contributed by atoms with Gasteiger partial charge in [0.25, 0.3) is 0 Å². The molecule has 3 aromatic carbocycles. The zero-order chi connectivity index (χ0) is 22.7. The van der Waals surface area contributed by atoms with Crippen LogP contribution in [-0.2, 0) is 20.3 Å². The highest BCUT2D eigenvalue weighted by molar-refractivity contribution is 7.89. The van der Waals surface area contributed by atoms with Crippen LogP contribution in [0.2, 0.25) is 0 Å². The molecule has 7 heteroatoms. The van der Waals surface area contributed by atoms with Crippen molar-refractivity contribution in [2.24, 2.45) is 0 Å². The summed E-state index contributed by atoms with van der Waals surface area (Å²) >= 11 is 0. The molecule has 6 nitrogen and oxygen atoms in total. The Kier molecular flexibility index (Phi) is 5.85. The normalized spacial score (nSPS) is 15.4. The van der Waals surface area contributed by atoms with Crippen LogP contribution in [0.5, 0.6) is 0 Å². The van der Waals surface area contributed by atoms with Gasteiger partial charge in [0, 0.05) is 19.3 Å². The fourth-order valence-corrected chi connectivity index (χ4v) is 5.84. The van der Waals surface area contributed by atoms with Crippen molar-refractivity contribution in [2.75, 3.05) is 26.3 Å². The molecule has 0 radical (unpaired) electrons. The van der Waals surface area contributed by atoms with Crippen molar-refractivity contribution < 1.29 is 13.2 Å². The molecule has 0 saturated carbocycles. The molecule has 1 aromatic heterocycles. The first-order valence-electron chi connectivity index (χ1n) is 10.9. The van der Waals surface area contributed by atoms with Gasteiger partial charge in [-0.1, -0.05) is 91.0 Å². The predicted octanol–water partition coefficient (Wildman–Crippen LogP) is 3.74. The third kappa shape index (κ3) is 3.78. The van der Waals surface area contributed by atoms with Crippen LogP contribution in [0.15, 0.2) is 108 Å². The average Bonchev–Trinajstić information content (AvgIpc) is 3.39. The molecule has 0 atom stereocenters. The van der Waals surface area contributed by atoms with Crippen molar-refractivity contribution in [1.82, 2.24) is 14.1 Å². The maximum Gasteiger partial charge on any atom is 0.246 e. The first-order chi connectivity index (χ1) is 16.1. The molecule has 0 unspecified atom stereocenters. The molecule has 1 fully saturated rings. The number of nitrogens with zero attached hydrogens (tertiary/aromatic N) is 3. The largest absolute Gasteiger partial charge is 0.379 e. The van der Waals surface area contributed by atoms with Gasteiger partial charge < -0.3 is 4.74 Å². The van der Waals surface area contributed by atoms with Gasteiger partial charge in [0.2, 0.25) is 10.0 Å². The smallest absolute Gasteiger partial charge is 0.246 e. The minimum atomic E-state index is -3.68. The van der Waals surface area contributed by atoms with Crippen LogP contribution in [0.3, 0.4) is 0 Å². The van der Waals surface area contributed by atoms with Crippen molar-refractivity contribution in [3.63, 3.8) is 0 Å². The quantitative estimate of drug-likeness (QED) is 0.412. The van der Waals surface area contributed by atoms with Gasteiger partial charge in [-0.05, 0) is 16.7 Å². The van der Waals surface area contributed by atoms with Gasteiger partial charge in [-0.3, -0.25) is 4.68 Å². The molecule has 1 aliphatic rings. The lowest BCUT2D eigenvalue weighted by Crippen LogP contribution is -2.40. The summed E-state index contributed by atoms with van der Waals surface area (Å²) in [5, 5.41) is 4.66. The SMILES string of the molecule is O=S(=O)(c1cnn(C(c2ccccc2)(c2ccccc2)c2ccccc2)c1)N1CCOCC1. The highest BCUT2D eigenvalue weighted by Gasteiger charge is 2.40. The van der Waals surface area contributed by atoms with E-state index in [-0.39, 0.29) is 4.90 Å². The van der Waals surface area contributed by atoms with Crippen molar-refractivity contribution >= 4 is 10.0 Å². The molecule has 4 aromatic rings. The third-order valence-corrected chi connectivity index (χ3v) is 7.94. The second-order valence-corrected chi connectivity index (χ2v) is 9.88. The maximum absolute atomic E-state index is 13.4. The molecular weight excluding hydrogens is 434 g/mol. The fraction of sp³-hybridized carbons (Fsp3) is 0.192. The van der Waals surface area contributed by atoms with Crippen LogP contribution in [-0.4, -0.2) is 48.8 Å². The molecule has 168 valence electrons. The summed E-state index contributed by atoms with van der Waals surface area (Å²) in [4.78, 5) is 0.177. The van der Waals surface area contributed by atoms with Crippen molar-refractivity contribution in [1.29, 1.82) is 0 Å². The van der Waals surface area contributed by atoms with E-state index >= 15 is 0 Å². The first-order valence-corrected chi connectivity index (χ1v) is 12.4. The monoisotopic (exact) mass is 459 g/mol. The Labute approximate surface area is 194 Å². The number of aromatic nitrogens is 2. The van der Waals surface area contributed by atoms with Crippen molar-refractivity contribution in [3.05, 3.63) is 120 Å². The Balaban J connectivity index is 1.74. The Morgan fingerprint density at radius 1 is 0.727 bits per heavy atom. The van der Waals surface area contributed by atoms with Gasteiger partial charge >= 0.3 is 0 Å². The van der Waals surface area contributed by atoms with Crippen LogP contribution in [0.1, 0.15) is 16.7 Å². The molecule has 0 spiro atoms. The van der Waals surface area contributed by atoms with E-state index in [4.69, 9.17) is 4.74 Å². The summed E-state index contributed by atoms with van der Waals surface area (Å²) in [6.07, 6.45) is 3.10. The molecule has 1 saturated heterocycles. The summed E-state index contributed by atoms with van der Waals surface area (Å²) in [6, 6.07) is 30.2. The van der Waals surface area contributed by atoms with Crippen molar-refractivity contribution in [3.8, 4) is 0 Å². The van der Waals surface area contributed by atoms with Crippen LogP contribution < -0.4 is 0 Å². The Bertz CT molecular complexity index is 1200. The average molecular weight is 460 g/mol. The van der Waals surface area contributed by atoms with E-state index in [0.29, 0.717) is 26.3 Å². The molecule has 0 aliphatic carbocycles. The van der Waals surface area contributed by atoms with E-state index in [1.807, 2.05) is 54.6 Å². The van der Waals surface area contributed by atoms with E-state index in [0.717, 1.165) is 16.7 Å². The van der Waals surface area contributed by atoms with Crippen molar-refractivity contribution in [2.45, 2.75) is 10.4 Å². The van der Waals surface area contributed by atoms with E-state index in [1.54, 1.807) is 10.9 Å². The lowest BCUT2D eigenvalue weighted by molar-refractivity contribution is 0.0730. The highest BCUT2D eigenvalue weighted by atomic mass is 32.2. The Morgan fingerprint density at radius 3 is 1.64 bits per heavy atom. The second kappa shape index (κ2) is 8.94. The Hall–Kier alpha value is -3.26. The van der Waals surface area contributed by atoms with Gasteiger partial charge in [-0.2, -0.15) is 9.40 Å². The minimum Gasteiger partial charge on any atom is -0.379 e. The Morgan fingerprint density at radius 2 is 1.18 bits per heavy atom. The van der Waals surface area contributed by atoms with Gasteiger partial charge in [-0.25, -0.2) is 8.42 Å². The first kappa shape index (κ1) is 21.6. The van der Waals surface area contributed by atoms with Gasteiger partial charge in [0.1, 0.15) is 10.4 Å². The minimum absolute atomic E-state index is 0.177. The number of benzene rings is 3. The van der Waals surface area contributed by atoms with Gasteiger partial charge in [0.15, 0.2) is 0 Å². The molecule has 33 heavy (non-hydrogen) atoms. The van der Waals surface area contributed by atoms with E-state index < -0.39 is 15.6 Å². The van der Waals surface area contributed by atoms with Crippen LogP contribution >= 0.6 is 0 Å². The number of ether oxygens (including phenoxy) is 1. The number of sulfonamides is 1. The fourth-order valence-electron chi connectivity index (χ4n) is 4.49. The van der Waals surface area contributed by atoms with E-state index in [1.165, 1.54) is 10.5 Å². The molecule has 0 amide bonds. The summed E-state index contributed by atoms with van der Waals surface area (Å²) in [7, 11) is -3.68. The summed E-state index contributed by atoms with van der Waals surface area (Å²) in [5.74, 6) is 0. The number of rotatable bonds is 6. The molecule has 0 bridgehead atoms. The number of hydrogen-bond donors (Lipinski definition) is 0. The number of hydrogen-bond acceptors (Lipinski definition) is 4. The molecular formula is C26H25N3O3S. The molecule has 2 heterocycles. The van der Waals surface area contributed by atoms with Crippen LogP contribution in [0.4, 0.5) is 0 Å². The summed E-state index contributed by atoms with van der Waals surface area (Å²) in [6.45, 7) is 1.48. The van der Waals surface area contributed by atoms with Crippen LogP contribution in [0.25, 0.3) is 0 Å². The van der Waals surface area contributed by atoms with Gasteiger partial charge in [0.05, 0.1) is 19.4 Å². The molecule has 0 N–H and O–H groups in total. The van der Waals surface area contributed by atoms with Gasteiger partial charge in [-0.15, -0.1) is 0 Å². The third-order valence-electron chi connectivity index (χ3n) is 6.09. The molecule has 1 aliphatic heterocycles. The predicted molar refractivity (Wildman–Crippen MR) is 126 cm³/mol. The van der Waals surface area contributed by atoms with E-state index in [2.05, 4.69) is 41.5 Å². The standard InChI is InChI=1S/C26H25N3O3S/c30-33(31,28-16-18-32-19-17-28)25-20-27-29(21-25)26(22-10-4-1-5-11-22,23-12-6-2-7-13-23)24-14-8-3-9-15-24/h1-15,20-21H,16-19H2. The topological polar surface area (TPSA) is 64.4 Å².